The highest BCUT2D eigenvalue weighted by Gasteiger charge is 2.40. The molecule has 1 aliphatic heterocycles. The monoisotopic (exact) mass is 363 g/mol. The molecular weight excluding hydrogens is 334 g/mol. The third-order valence-corrected chi connectivity index (χ3v) is 4.57. The normalized spacial score (nSPS) is 23.7. The van der Waals surface area contributed by atoms with Crippen LogP contribution in [-0.2, 0) is 19.1 Å². The Hall–Kier alpha value is -1.92. The molecule has 6 nitrogen and oxygen atoms in total. The number of carboxylic acid groups (broad SMARTS) is 1. The van der Waals surface area contributed by atoms with Gasteiger partial charge in [-0.1, -0.05) is 41.9 Å². The molecule has 0 amide bonds. The van der Waals surface area contributed by atoms with Crippen molar-refractivity contribution in [1.29, 1.82) is 0 Å². The lowest BCUT2D eigenvalue weighted by Crippen LogP contribution is -2.47. The molecule has 0 aliphatic carbocycles. The minimum Gasteiger partial charge on any atom is -0.477 e. The fraction of sp³-hybridized carbons (Fsp3) is 0.600. The number of oxime groups is 1. The largest absolute Gasteiger partial charge is 0.477 e. The molecule has 1 aromatic rings. The topological polar surface area (TPSA) is 77.4 Å². The second kappa shape index (κ2) is 9.69. The number of carboxylic acids is 1. The molecule has 0 aromatic heterocycles. The van der Waals surface area contributed by atoms with E-state index in [1.165, 1.54) is 12.5 Å². The molecule has 1 heterocycles. The number of unbranched alkanes of at least 4 members (excludes halogenated alkanes) is 1. The number of benzene rings is 1. The van der Waals surface area contributed by atoms with Gasteiger partial charge in [0.05, 0.1) is 18.9 Å². The number of rotatable bonds is 9. The maximum absolute atomic E-state index is 11.0. The van der Waals surface area contributed by atoms with Gasteiger partial charge in [0, 0.05) is 12.8 Å². The Morgan fingerprint density at radius 3 is 2.50 bits per heavy atom. The van der Waals surface area contributed by atoms with Crippen LogP contribution in [0.4, 0.5) is 0 Å². The summed E-state index contributed by atoms with van der Waals surface area (Å²) >= 11 is 0. The van der Waals surface area contributed by atoms with Gasteiger partial charge in [0.2, 0.25) is 0 Å². The molecule has 6 heteroatoms. The summed E-state index contributed by atoms with van der Waals surface area (Å²) in [5, 5.41) is 13.3. The first-order chi connectivity index (χ1) is 12.4. The molecule has 144 valence electrons. The molecule has 1 saturated heterocycles. The van der Waals surface area contributed by atoms with Crippen molar-refractivity contribution in [3.8, 4) is 0 Å². The summed E-state index contributed by atoms with van der Waals surface area (Å²) < 4.78 is 10.7. The van der Waals surface area contributed by atoms with Gasteiger partial charge in [-0.15, -0.1) is 0 Å². The van der Waals surface area contributed by atoms with E-state index in [9.17, 15) is 4.79 Å². The van der Waals surface area contributed by atoms with Crippen molar-refractivity contribution < 1.29 is 24.2 Å². The number of carbonyl (C=O) groups is 1. The van der Waals surface area contributed by atoms with E-state index in [1.807, 2.05) is 0 Å². The molecule has 0 spiro atoms. The van der Waals surface area contributed by atoms with Crippen LogP contribution in [0.25, 0.3) is 0 Å². The van der Waals surface area contributed by atoms with Gasteiger partial charge in [-0.2, -0.15) is 0 Å². The van der Waals surface area contributed by atoms with Crippen LogP contribution < -0.4 is 0 Å². The summed E-state index contributed by atoms with van der Waals surface area (Å²) in [6, 6.07) is 8.28. The predicted octanol–water partition coefficient (Wildman–Crippen LogP) is 3.76. The Morgan fingerprint density at radius 2 is 1.92 bits per heavy atom. The minimum atomic E-state index is -1.50. The zero-order valence-electron chi connectivity index (χ0n) is 15.9. The van der Waals surface area contributed by atoms with Crippen LogP contribution in [0.5, 0.6) is 0 Å². The third kappa shape index (κ3) is 5.81. The first-order valence-electron chi connectivity index (χ1n) is 9.21. The molecule has 2 rings (SSSR count). The SMILES string of the molecule is CC/C(=N/OCCCCC1COC(C)(C(=O)O)OC1)c1ccc(C)cc1. The summed E-state index contributed by atoms with van der Waals surface area (Å²) in [6.45, 7) is 6.96. The van der Waals surface area contributed by atoms with Gasteiger partial charge in [-0.25, -0.2) is 4.79 Å². The number of hydrogen-bond donors (Lipinski definition) is 1. The van der Waals surface area contributed by atoms with Gasteiger partial charge >= 0.3 is 5.97 Å². The quantitative estimate of drug-likeness (QED) is 0.411. The maximum Gasteiger partial charge on any atom is 0.364 e. The minimum absolute atomic E-state index is 0.227. The molecular formula is C20H29NO5. The fourth-order valence-electron chi connectivity index (χ4n) is 2.72. The summed E-state index contributed by atoms with van der Waals surface area (Å²) in [7, 11) is 0. The number of aliphatic carboxylic acids is 1. The van der Waals surface area contributed by atoms with Gasteiger partial charge in [-0.3, -0.25) is 0 Å². The van der Waals surface area contributed by atoms with Crippen LogP contribution in [0.2, 0.25) is 0 Å². The Bertz CT molecular complexity index is 603. The van der Waals surface area contributed by atoms with Crippen LogP contribution in [-0.4, -0.2) is 42.4 Å². The summed E-state index contributed by atoms with van der Waals surface area (Å²) in [5.74, 6) is -2.35. The second-order valence-electron chi connectivity index (χ2n) is 6.83. The van der Waals surface area contributed by atoms with Crippen molar-refractivity contribution in [2.45, 2.75) is 52.2 Å². The van der Waals surface area contributed by atoms with Gasteiger partial charge in [-0.05, 0) is 38.2 Å². The van der Waals surface area contributed by atoms with Crippen LogP contribution in [0.3, 0.4) is 0 Å². The Kier molecular flexibility index (Phi) is 7.60. The first-order valence-corrected chi connectivity index (χ1v) is 9.21. The highest BCUT2D eigenvalue weighted by atomic mass is 16.7. The molecule has 0 bridgehead atoms. The smallest absolute Gasteiger partial charge is 0.364 e. The van der Waals surface area contributed by atoms with Crippen molar-refractivity contribution in [2.75, 3.05) is 19.8 Å². The van der Waals surface area contributed by atoms with Crippen LogP contribution in [0.15, 0.2) is 29.4 Å². The molecule has 0 atom stereocenters. The highest BCUT2D eigenvalue weighted by Crippen LogP contribution is 2.24. The van der Waals surface area contributed by atoms with Crippen LogP contribution >= 0.6 is 0 Å². The maximum atomic E-state index is 11.0. The van der Waals surface area contributed by atoms with Gasteiger partial charge in [0.15, 0.2) is 0 Å². The number of nitrogens with zero attached hydrogens (tertiary/aromatic N) is 1. The van der Waals surface area contributed by atoms with Crippen molar-refractivity contribution in [2.24, 2.45) is 11.1 Å². The number of hydrogen-bond acceptors (Lipinski definition) is 5. The van der Waals surface area contributed by atoms with E-state index in [1.54, 1.807) is 0 Å². The average Bonchev–Trinajstić information content (AvgIpc) is 2.63. The van der Waals surface area contributed by atoms with Crippen LogP contribution in [0, 0.1) is 12.8 Å². The predicted molar refractivity (Wildman–Crippen MR) is 99.2 cm³/mol. The first kappa shape index (κ1) is 20.4. The molecule has 0 radical (unpaired) electrons. The zero-order valence-corrected chi connectivity index (χ0v) is 15.9. The molecule has 1 aliphatic rings. The molecule has 26 heavy (non-hydrogen) atoms. The Morgan fingerprint density at radius 1 is 1.27 bits per heavy atom. The zero-order chi connectivity index (χ0) is 19.0. The lowest BCUT2D eigenvalue weighted by molar-refractivity contribution is -0.271. The van der Waals surface area contributed by atoms with Crippen molar-refractivity contribution in [3.63, 3.8) is 0 Å². The standard InChI is InChI=1S/C20H29NO5/c1-4-18(17-10-8-15(2)9-11-17)21-26-12-6-5-7-16-13-24-20(3,19(22)23)25-14-16/h8-11,16H,4-7,12-14H2,1-3H3,(H,22,23)/b21-18-. The fourth-order valence-corrected chi connectivity index (χ4v) is 2.72. The lowest BCUT2D eigenvalue weighted by atomic mass is 10.0. The average molecular weight is 363 g/mol. The van der Waals surface area contributed by atoms with E-state index in [2.05, 4.69) is 43.3 Å². The van der Waals surface area contributed by atoms with Crippen molar-refractivity contribution in [3.05, 3.63) is 35.4 Å². The molecule has 1 aromatic carbocycles. The van der Waals surface area contributed by atoms with Crippen molar-refractivity contribution in [1.82, 2.24) is 0 Å². The van der Waals surface area contributed by atoms with E-state index in [-0.39, 0.29) is 5.92 Å². The summed E-state index contributed by atoms with van der Waals surface area (Å²) in [6.07, 6.45) is 3.59. The van der Waals surface area contributed by atoms with E-state index < -0.39 is 11.8 Å². The lowest BCUT2D eigenvalue weighted by Gasteiger charge is -2.34. The highest BCUT2D eigenvalue weighted by molar-refractivity contribution is 6.00. The Labute approximate surface area is 155 Å². The summed E-state index contributed by atoms with van der Waals surface area (Å²) in [5.41, 5.74) is 3.27. The second-order valence-corrected chi connectivity index (χ2v) is 6.83. The summed E-state index contributed by atoms with van der Waals surface area (Å²) in [4.78, 5) is 16.5. The Balaban J connectivity index is 1.64. The van der Waals surface area contributed by atoms with Gasteiger partial charge < -0.3 is 19.4 Å². The molecule has 0 unspecified atom stereocenters. The molecule has 1 fully saturated rings. The molecule has 1 N–H and O–H groups in total. The van der Waals surface area contributed by atoms with Crippen molar-refractivity contribution >= 4 is 11.7 Å². The van der Waals surface area contributed by atoms with Crippen LogP contribution in [0.1, 0.15) is 50.7 Å². The van der Waals surface area contributed by atoms with E-state index >= 15 is 0 Å². The third-order valence-electron chi connectivity index (χ3n) is 4.57. The number of aryl methyl sites for hydroxylation is 1. The molecule has 0 saturated carbocycles. The van der Waals surface area contributed by atoms with Gasteiger partial charge in [0.1, 0.15) is 6.61 Å². The van der Waals surface area contributed by atoms with E-state index in [0.29, 0.717) is 19.8 Å². The number of ether oxygens (including phenoxy) is 2. The van der Waals surface area contributed by atoms with E-state index in [0.717, 1.165) is 37.0 Å². The van der Waals surface area contributed by atoms with Gasteiger partial charge in [0.25, 0.3) is 5.79 Å². The van der Waals surface area contributed by atoms with E-state index in [4.69, 9.17) is 19.4 Å².